The van der Waals surface area contributed by atoms with Crippen LogP contribution in [0.1, 0.15) is 18.4 Å². The van der Waals surface area contributed by atoms with Crippen molar-refractivity contribution >= 4 is 23.0 Å². The number of nitrogens with zero attached hydrogens (tertiary/aromatic N) is 3. The van der Waals surface area contributed by atoms with Crippen LogP contribution < -0.4 is 14.8 Å². The van der Waals surface area contributed by atoms with Crippen LogP contribution in [0.4, 0.5) is 4.39 Å². The lowest BCUT2D eigenvalue weighted by atomic mass is 10.2. The summed E-state index contributed by atoms with van der Waals surface area (Å²) < 4.78 is 21.0. The zero-order valence-electron chi connectivity index (χ0n) is 13.2. The summed E-state index contributed by atoms with van der Waals surface area (Å²) in [7, 11) is 0. The van der Waals surface area contributed by atoms with Gasteiger partial charge in [-0.1, -0.05) is 12.1 Å². The van der Waals surface area contributed by atoms with Gasteiger partial charge in [-0.15, -0.1) is 11.3 Å². The SMILES string of the molecule is N#CC(C#N)=c1s/c(=C\c2cccc(F)c2)c(=O)n1CC1CCCO1. The van der Waals surface area contributed by atoms with Crippen LogP contribution in [-0.2, 0) is 11.3 Å². The molecule has 1 atom stereocenters. The summed E-state index contributed by atoms with van der Waals surface area (Å²) in [6, 6.07) is 9.57. The Labute approximate surface area is 147 Å². The molecule has 1 saturated heterocycles. The van der Waals surface area contributed by atoms with Crippen molar-refractivity contribution in [3.63, 3.8) is 0 Å². The van der Waals surface area contributed by atoms with Crippen LogP contribution in [0.2, 0.25) is 0 Å². The molecule has 0 saturated carbocycles. The number of rotatable bonds is 3. The maximum absolute atomic E-state index is 13.4. The minimum absolute atomic E-state index is 0.105. The van der Waals surface area contributed by atoms with Crippen LogP contribution in [0.25, 0.3) is 11.6 Å². The highest BCUT2D eigenvalue weighted by Gasteiger charge is 2.19. The first-order valence-electron chi connectivity index (χ1n) is 7.75. The van der Waals surface area contributed by atoms with E-state index in [4.69, 9.17) is 4.74 Å². The van der Waals surface area contributed by atoms with E-state index < -0.39 is 5.82 Å². The molecule has 0 N–H and O–H groups in total. The number of thiazole rings is 1. The van der Waals surface area contributed by atoms with Gasteiger partial charge in [0.25, 0.3) is 5.56 Å². The molecule has 3 rings (SSSR count). The lowest BCUT2D eigenvalue weighted by Gasteiger charge is -2.09. The Balaban J connectivity index is 2.19. The average molecular weight is 355 g/mol. The highest BCUT2D eigenvalue weighted by Crippen LogP contribution is 2.12. The first-order chi connectivity index (χ1) is 12.1. The zero-order chi connectivity index (χ0) is 17.8. The van der Waals surface area contributed by atoms with Crippen LogP contribution in [0, 0.1) is 28.5 Å². The van der Waals surface area contributed by atoms with Crippen molar-refractivity contribution in [3.8, 4) is 12.1 Å². The molecule has 0 amide bonds. The molecule has 25 heavy (non-hydrogen) atoms. The Bertz CT molecular complexity index is 1030. The minimum atomic E-state index is -0.397. The van der Waals surface area contributed by atoms with Crippen LogP contribution in [0.15, 0.2) is 29.1 Å². The molecule has 1 aromatic carbocycles. The fourth-order valence-electron chi connectivity index (χ4n) is 2.73. The molecule has 0 radical (unpaired) electrons. The third-order valence-electron chi connectivity index (χ3n) is 3.90. The molecular weight excluding hydrogens is 341 g/mol. The summed E-state index contributed by atoms with van der Waals surface area (Å²) in [6.07, 6.45) is 3.22. The van der Waals surface area contributed by atoms with E-state index >= 15 is 0 Å². The summed E-state index contributed by atoms with van der Waals surface area (Å²) in [5.41, 5.74) is 0.131. The zero-order valence-corrected chi connectivity index (χ0v) is 14.1. The van der Waals surface area contributed by atoms with E-state index in [9.17, 15) is 19.7 Å². The van der Waals surface area contributed by atoms with E-state index in [0.29, 0.717) is 27.9 Å². The number of hydrogen-bond acceptors (Lipinski definition) is 5. The lowest BCUT2D eigenvalue weighted by molar-refractivity contribution is 0.0959. The van der Waals surface area contributed by atoms with Crippen molar-refractivity contribution in [3.05, 3.63) is 55.2 Å². The molecule has 0 bridgehead atoms. The number of nitriles is 2. The quantitative estimate of drug-likeness (QED) is 0.830. The highest BCUT2D eigenvalue weighted by atomic mass is 32.1. The van der Waals surface area contributed by atoms with Gasteiger partial charge in [-0.2, -0.15) is 10.5 Å². The van der Waals surface area contributed by atoms with Gasteiger partial charge < -0.3 is 4.74 Å². The van der Waals surface area contributed by atoms with E-state index in [1.165, 1.54) is 16.7 Å². The predicted molar refractivity (Wildman–Crippen MR) is 91.4 cm³/mol. The molecule has 1 aromatic heterocycles. The molecule has 1 unspecified atom stereocenters. The first kappa shape index (κ1) is 17.1. The number of hydrogen-bond donors (Lipinski definition) is 0. The topological polar surface area (TPSA) is 78.8 Å². The normalized spacial score (nSPS) is 17.2. The van der Waals surface area contributed by atoms with Crippen molar-refractivity contribution in [1.82, 2.24) is 4.57 Å². The molecule has 5 nitrogen and oxygen atoms in total. The van der Waals surface area contributed by atoms with Gasteiger partial charge in [0.05, 0.1) is 17.2 Å². The van der Waals surface area contributed by atoms with Crippen LogP contribution >= 0.6 is 11.3 Å². The van der Waals surface area contributed by atoms with Crippen molar-refractivity contribution in [2.45, 2.75) is 25.5 Å². The number of benzene rings is 1. The predicted octanol–water partition coefficient (Wildman–Crippen LogP) is 1.25. The Morgan fingerprint density at radius 1 is 1.44 bits per heavy atom. The van der Waals surface area contributed by atoms with Crippen molar-refractivity contribution in [2.24, 2.45) is 0 Å². The molecule has 1 aliphatic rings. The van der Waals surface area contributed by atoms with E-state index in [2.05, 4.69) is 0 Å². The molecule has 0 spiro atoms. The number of aromatic nitrogens is 1. The Kier molecular flexibility index (Phi) is 5.08. The third kappa shape index (κ3) is 3.69. The molecule has 1 aliphatic heterocycles. The summed E-state index contributed by atoms with van der Waals surface area (Å²) in [4.78, 5) is 12.8. The molecular formula is C18H14FN3O2S. The van der Waals surface area contributed by atoms with E-state index in [1.54, 1.807) is 18.2 Å². The summed E-state index contributed by atoms with van der Waals surface area (Å²) in [6.45, 7) is 0.947. The molecule has 1 fully saturated rings. The second kappa shape index (κ2) is 7.43. The van der Waals surface area contributed by atoms with Crippen LogP contribution in [0.5, 0.6) is 0 Å². The average Bonchev–Trinajstić information content (AvgIpc) is 3.21. The second-order valence-electron chi connectivity index (χ2n) is 5.62. The number of ether oxygens (including phenoxy) is 1. The lowest BCUT2D eigenvalue weighted by Crippen LogP contribution is -2.35. The van der Waals surface area contributed by atoms with E-state index in [1.807, 2.05) is 12.1 Å². The van der Waals surface area contributed by atoms with Gasteiger partial charge in [-0.25, -0.2) is 4.39 Å². The second-order valence-corrected chi connectivity index (χ2v) is 6.65. The first-order valence-corrected chi connectivity index (χ1v) is 8.57. The van der Waals surface area contributed by atoms with Gasteiger partial charge in [0.1, 0.15) is 22.6 Å². The molecule has 126 valence electrons. The van der Waals surface area contributed by atoms with Gasteiger partial charge in [0.15, 0.2) is 5.57 Å². The Hall–Kier alpha value is -2.74. The molecule has 2 heterocycles. The largest absolute Gasteiger partial charge is 0.376 e. The summed E-state index contributed by atoms with van der Waals surface area (Å²) in [5.74, 6) is -0.397. The molecule has 7 heteroatoms. The van der Waals surface area contributed by atoms with Gasteiger partial charge in [0, 0.05) is 6.61 Å². The van der Waals surface area contributed by atoms with Crippen molar-refractivity contribution in [1.29, 1.82) is 10.5 Å². The molecule has 0 aliphatic carbocycles. The van der Waals surface area contributed by atoms with Gasteiger partial charge in [-0.05, 0) is 36.6 Å². The van der Waals surface area contributed by atoms with Crippen LogP contribution in [-0.4, -0.2) is 17.3 Å². The Morgan fingerprint density at radius 2 is 2.24 bits per heavy atom. The third-order valence-corrected chi connectivity index (χ3v) is 5.03. The summed E-state index contributed by atoms with van der Waals surface area (Å²) >= 11 is 1.06. The fraction of sp³-hybridized carbons (Fsp3) is 0.278. The fourth-order valence-corrected chi connectivity index (χ4v) is 3.79. The van der Waals surface area contributed by atoms with Gasteiger partial charge >= 0.3 is 0 Å². The Morgan fingerprint density at radius 3 is 2.88 bits per heavy atom. The maximum atomic E-state index is 13.4. The van der Waals surface area contributed by atoms with E-state index in [-0.39, 0.29) is 17.2 Å². The van der Waals surface area contributed by atoms with E-state index in [0.717, 1.165) is 24.2 Å². The highest BCUT2D eigenvalue weighted by molar-refractivity contribution is 7.07. The standard InChI is InChI=1S/C18H14FN3O2S/c19-14-4-1-3-12(7-14)8-16-17(23)22(11-15-5-2-6-24-15)18(25-16)13(9-20)10-21/h1,3-4,7-8,15H,2,5-6,11H2/b16-8-. The van der Waals surface area contributed by atoms with Crippen molar-refractivity contribution < 1.29 is 9.13 Å². The number of halogens is 1. The van der Waals surface area contributed by atoms with Gasteiger partial charge in [-0.3, -0.25) is 9.36 Å². The summed E-state index contributed by atoms with van der Waals surface area (Å²) in [5, 5.41) is 18.4. The van der Waals surface area contributed by atoms with Crippen molar-refractivity contribution in [2.75, 3.05) is 6.61 Å². The molecule has 2 aromatic rings. The van der Waals surface area contributed by atoms with Crippen LogP contribution in [0.3, 0.4) is 0 Å². The van der Waals surface area contributed by atoms with Gasteiger partial charge in [0.2, 0.25) is 0 Å². The maximum Gasteiger partial charge on any atom is 0.269 e. The smallest absolute Gasteiger partial charge is 0.269 e. The monoisotopic (exact) mass is 355 g/mol. The minimum Gasteiger partial charge on any atom is -0.376 e.